The molecular weight excluding hydrogens is 204 g/mol. The van der Waals surface area contributed by atoms with Gasteiger partial charge < -0.3 is 9.47 Å². The predicted molar refractivity (Wildman–Crippen MR) is 57.4 cm³/mol. The summed E-state index contributed by atoms with van der Waals surface area (Å²) in [5, 5.41) is 0. The van der Waals surface area contributed by atoms with E-state index in [0.29, 0.717) is 11.3 Å². The molecule has 80 valence electrons. The van der Waals surface area contributed by atoms with Crippen LogP contribution in [0.25, 0.3) is 0 Å². The molecule has 3 nitrogen and oxygen atoms in total. The van der Waals surface area contributed by atoms with Gasteiger partial charge in [0.1, 0.15) is 6.61 Å². The van der Waals surface area contributed by atoms with E-state index in [2.05, 4.69) is 0 Å². The third-order valence-electron chi connectivity index (χ3n) is 2.81. The highest BCUT2D eigenvalue weighted by molar-refractivity contribution is 5.93. The number of rotatable bonds is 1. The Bertz CT molecular complexity index is 485. The van der Waals surface area contributed by atoms with Crippen LogP contribution in [-0.2, 0) is 14.3 Å². The van der Waals surface area contributed by atoms with Crippen molar-refractivity contribution in [2.45, 2.75) is 5.92 Å². The van der Waals surface area contributed by atoms with Crippen LogP contribution in [-0.4, -0.2) is 12.6 Å². The lowest BCUT2D eigenvalue weighted by molar-refractivity contribution is -0.136. The van der Waals surface area contributed by atoms with E-state index in [1.54, 1.807) is 6.26 Å². The maximum absolute atomic E-state index is 11.6. The fourth-order valence-electron chi connectivity index (χ4n) is 2.03. The molecule has 0 N–H and O–H groups in total. The summed E-state index contributed by atoms with van der Waals surface area (Å²) in [5.41, 5.74) is 1.71. The Kier molecular flexibility index (Phi) is 2.03. The number of benzene rings is 1. The van der Waals surface area contributed by atoms with Crippen molar-refractivity contribution in [1.29, 1.82) is 0 Å². The molecular formula is C13H10O3. The van der Waals surface area contributed by atoms with Crippen LogP contribution in [0.2, 0.25) is 0 Å². The standard InChI is InChI=1S/C13H10O3/c14-13-12-10(9-4-2-1-3-5-9)6-7-15-11(12)8-16-13/h1-7,10H,8H2. The fourth-order valence-corrected chi connectivity index (χ4v) is 2.03. The van der Waals surface area contributed by atoms with E-state index in [0.717, 1.165) is 5.56 Å². The van der Waals surface area contributed by atoms with Gasteiger partial charge in [-0.25, -0.2) is 4.79 Å². The zero-order chi connectivity index (χ0) is 11.0. The summed E-state index contributed by atoms with van der Waals surface area (Å²) in [6, 6.07) is 9.86. The van der Waals surface area contributed by atoms with Crippen LogP contribution in [0, 0.1) is 0 Å². The van der Waals surface area contributed by atoms with Crippen molar-refractivity contribution in [3.05, 3.63) is 59.6 Å². The highest BCUT2D eigenvalue weighted by atomic mass is 16.6. The van der Waals surface area contributed by atoms with Crippen molar-refractivity contribution >= 4 is 5.97 Å². The van der Waals surface area contributed by atoms with Gasteiger partial charge in [0.25, 0.3) is 0 Å². The third kappa shape index (κ3) is 1.33. The average Bonchev–Trinajstić information content (AvgIpc) is 2.73. The lowest BCUT2D eigenvalue weighted by Crippen LogP contribution is -2.11. The summed E-state index contributed by atoms with van der Waals surface area (Å²) in [7, 11) is 0. The number of carbonyl (C=O) groups excluding carboxylic acids is 1. The highest BCUT2D eigenvalue weighted by Crippen LogP contribution is 2.35. The van der Waals surface area contributed by atoms with Gasteiger partial charge in [-0.1, -0.05) is 30.3 Å². The van der Waals surface area contributed by atoms with Crippen LogP contribution in [0.15, 0.2) is 54.0 Å². The van der Waals surface area contributed by atoms with Crippen molar-refractivity contribution in [2.24, 2.45) is 0 Å². The Morgan fingerprint density at radius 3 is 2.81 bits per heavy atom. The maximum atomic E-state index is 11.6. The molecule has 1 unspecified atom stereocenters. The molecule has 2 heterocycles. The van der Waals surface area contributed by atoms with Crippen molar-refractivity contribution in [3.8, 4) is 0 Å². The van der Waals surface area contributed by atoms with E-state index in [1.165, 1.54) is 0 Å². The Morgan fingerprint density at radius 2 is 2.00 bits per heavy atom. The highest BCUT2D eigenvalue weighted by Gasteiger charge is 2.34. The minimum atomic E-state index is -0.270. The van der Waals surface area contributed by atoms with E-state index in [-0.39, 0.29) is 18.5 Å². The first kappa shape index (κ1) is 9.21. The van der Waals surface area contributed by atoms with Gasteiger partial charge in [0.15, 0.2) is 5.76 Å². The lowest BCUT2D eigenvalue weighted by Gasteiger charge is -2.17. The molecule has 2 aliphatic heterocycles. The quantitative estimate of drug-likeness (QED) is 0.672. The molecule has 0 fully saturated rings. The van der Waals surface area contributed by atoms with Crippen LogP contribution in [0.3, 0.4) is 0 Å². The smallest absolute Gasteiger partial charge is 0.338 e. The number of cyclic esters (lactones) is 1. The van der Waals surface area contributed by atoms with Crippen LogP contribution in [0.4, 0.5) is 0 Å². The number of esters is 1. The van der Waals surface area contributed by atoms with Gasteiger partial charge in [0.05, 0.1) is 11.8 Å². The lowest BCUT2D eigenvalue weighted by atomic mass is 9.90. The molecule has 0 radical (unpaired) electrons. The normalized spacial score (nSPS) is 22.8. The van der Waals surface area contributed by atoms with Gasteiger partial charge in [-0.3, -0.25) is 0 Å². The molecule has 0 bridgehead atoms. The van der Waals surface area contributed by atoms with E-state index in [9.17, 15) is 4.79 Å². The fraction of sp³-hybridized carbons (Fsp3) is 0.154. The third-order valence-corrected chi connectivity index (χ3v) is 2.81. The van der Waals surface area contributed by atoms with Gasteiger partial charge in [0, 0.05) is 5.92 Å². The molecule has 0 aliphatic carbocycles. The zero-order valence-corrected chi connectivity index (χ0v) is 8.55. The van der Waals surface area contributed by atoms with E-state index in [1.807, 2.05) is 36.4 Å². The molecule has 0 saturated carbocycles. The summed E-state index contributed by atoms with van der Waals surface area (Å²) in [6.45, 7) is 0.252. The monoisotopic (exact) mass is 214 g/mol. The largest absolute Gasteiger partial charge is 0.465 e. The number of ether oxygens (including phenoxy) is 2. The van der Waals surface area contributed by atoms with Crippen molar-refractivity contribution in [2.75, 3.05) is 6.61 Å². The van der Waals surface area contributed by atoms with Gasteiger partial charge in [-0.05, 0) is 11.6 Å². The summed E-state index contributed by atoms with van der Waals surface area (Å²) in [5.74, 6) is 0.328. The number of hydrogen-bond acceptors (Lipinski definition) is 3. The summed E-state index contributed by atoms with van der Waals surface area (Å²) < 4.78 is 10.3. The summed E-state index contributed by atoms with van der Waals surface area (Å²) >= 11 is 0. The van der Waals surface area contributed by atoms with Crippen LogP contribution < -0.4 is 0 Å². The molecule has 0 spiro atoms. The molecule has 1 aromatic carbocycles. The predicted octanol–water partition coefficient (Wildman–Crippen LogP) is 2.12. The van der Waals surface area contributed by atoms with Crippen LogP contribution in [0.1, 0.15) is 11.5 Å². The van der Waals surface area contributed by atoms with Crippen LogP contribution >= 0.6 is 0 Å². The van der Waals surface area contributed by atoms with Gasteiger partial charge in [-0.15, -0.1) is 0 Å². The Balaban J connectivity index is 2.04. The molecule has 16 heavy (non-hydrogen) atoms. The van der Waals surface area contributed by atoms with Crippen LogP contribution in [0.5, 0.6) is 0 Å². The van der Waals surface area contributed by atoms with E-state index < -0.39 is 0 Å². The SMILES string of the molecule is O=C1OCC2=C1C(c1ccccc1)C=CO2. The first-order valence-corrected chi connectivity index (χ1v) is 5.15. The second kappa shape index (κ2) is 3.52. The number of carbonyl (C=O) groups is 1. The molecule has 1 atom stereocenters. The summed E-state index contributed by atoms with van der Waals surface area (Å²) in [6.07, 6.45) is 3.50. The second-order valence-corrected chi connectivity index (χ2v) is 3.75. The maximum Gasteiger partial charge on any atom is 0.338 e. The molecule has 0 saturated heterocycles. The van der Waals surface area contributed by atoms with Crippen molar-refractivity contribution in [3.63, 3.8) is 0 Å². The minimum Gasteiger partial charge on any atom is -0.465 e. The van der Waals surface area contributed by atoms with Gasteiger partial charge in [-0.2, -0.15) is 0 Å². The summed E-state index contributed by atoms with van der Waals surface area (Å²) in [4.78, 5) is 11.6. The van der Waals surface area contributed by atoms with Gasteiger partial charge >= 0.3 is 5.97 Å². The minimum absolute atomic E-state index is 0.0417. The molecule has 2 aliphatic rings. The Labute approximate surface area is 93.0 Å². The first-order chi connectivity index (χ1) is 7.86. The van der Waals surface area contributed by atoms with E-state index in [4.69, 9.17) is 9.47 Å². The molecule has 0 aromatic heterocycles. The molecule has 1 aromatic rings. The first-order valence-electron chi connectivity index (χ1n) is 5.15. The van der Waals surface area contributed by atoms with Crippen molar-refractivity contribution in [1.82, 2.24) is 0 Å². The average molecular weight is 214 g/mol. The van der Waals surface area contributed by atoms with Crippen molar-refractivity contribution < 1.29 is 14.3 Å². The van der Waals surface area contributed by atoms with E-state index >= 15 is 0 Å². The number of hydrogen-bond donors (Lipinski definition) is 0. The molecule has 3 heteroatoms. The van der Waals surface area contributed by atoms with Gasteiger partial charge in [0.2, 0.25) is 0 Å². The molecule has 0 amide bonds. The number of allylic oxidation sites excluding steroid dienone is 1. The zero-order valence-electron chi connectivity index (χ0n) is 8.55. The Morgan fingerprint density at radius 1 is 1.19 bits per heavy atom. The Hall–Kier alpha value is -2.03. The second-order valence-electron chi connectivity index (χ2n) is 3.75. The topological polar surface area (TPSA) is 35.5 Å². The molecule has 3 rings (SSSR count).